The molecule has 0 bridgehead atoms. The van der Waals surface area contributed by atoms with Crippen LogP contribution >= 0.6 is 0 Å². The van der Waals surface area contributed by atoms with Crippen LogP contribution < -0.4 is 10.1 Å². The van der Waals surface area contributed by atoms with Crippen molar-refractivity contribution in [2.75, 3.05) is 6.54 Å². The van der Waals surface area contributed by atoms with Gasteiger partial charge >= 0.3 is 0 Å². The van der Waals surface area contributed by atoms with Crippen molar-refractivity contribution in [3.8, 4) is 5.75 Å². The Hall–Kier alpha value is -1.51. The molecule has 0 aliphatic carbocycles. The Morgan fingerprint density at radius 1 is 1.41 bits per heavy atom. The molecule has 0 fully saturated rings. The van der Waals surface area contributed by atoms with Gasteiger partial charge in [0.15, 0.2) is 0 Å². The fourth-order valence-corrected chi connectivity index (χ4v) is 1.46. The quantitative estimate of drug-likeness (QED) is 0.770. The number of benzene rings is 1. The molecule has 0 atom stereocenters. The molecule has 0 saturated heterocycles. The van der Waals surface area contributed by atoms with Crippen LogP contribution in [0.4, 0.5) is 0 Å². The molecule has 0 heterocycles. The third-order valence-corrected chi connectivity index (χ3v) is 2.28. The molecular weight excluding hydrogens is 214 g/mol. The molecule has 0 unspecified atom stereocenters. The second-order valence-corrected chi connectivity index (χ2v) is 4.30. The molecule has 0 radical (unpaired) electrons. The summed E-state index contributed by atoms with van der Waals surface area (Å²) in [4.78, 5) is 11.8. The maximum absolute atomic E-state index is 11.8. The van der Waals surface area contributed by atoms with Gasteiger partial charge in [0.05, 0.1) is 6.10 Å². The van der Waals surface area contributed by atoms with Gasteiger partial charge in [-0.15, -0.1) is 0 Å². The number of hydrogen-bond donors (Lipinski definition) is 1. The van der Waals surface area contributed by atoms with Crippen molar-refractivity contribution in [2.24, 2.45) is 0 Å². The molecule has 1 aromatic carbocycles. The van der Waals surface area contributed by atoms with E-state index in [4.69, 9.17) is 4.74 Å². The molecule has 1 rings (SSSR count). The maximum Gasteiger partial charge on any atom is 0.251 e. The minimum atomic E-state index is -0.0346. The van der Waals surface area contributed by atoms with Crippen LogP contribution in [0.2, 0.25) is 0 Å². The summed E-state index contributed by atoms with van der Waals surface area (Å²) >= 11 is 0. The molecule has 17 heavy (non-hydrogen) atoms. The lowest BCUT2D eigenvalue weighted by Crippen LogP contribution is -2.24. The smallest absolute Gasteiger partial charge is 0.251 e. The summed E-state index contributed by atoms with van der Waals surface area (Å²) in [6.45, 7) is 6.76. The predicted octanol–water partition coefficient (Wildman–Crippen LogP) is 3.00. The molecule has 94 valence electrons. The minimum absolute atomic E-state index is 0.0346. The number of amides is 1. The number of ether oxygens (including phenoxy) is 1. The molecule has 1 amide bonds. The van der Waals surface area contributed by atoms with Crippen LogP contribution in [0, 0.1) is 0 Å². The van der Waals surface area contributed by atoms with E-state index in [1.807, 2.05) is 26.0 Å². The Bertz CT molecular complexity index is 361. The van der Waals surface area contributed by atoms with Crippen molar-refractivity contribution in [2.45, 2.75) is 39.7 Å². The third-order valence-electron chi connectivity index (χ3n) is 2.28. The lowest BCUT2D eigenvalue weighted by atomic mass is 10.2. The van der Waals surface area contributed by atoms with Crippen molar-refractivity contribution < 1.29 is 9.53 Å². The zero-order valence-electron chi connectivity index (χ0n) is 10.8. The second kappa shape index (κ2) is 6.94. The Morgan fingerprint density at radius 2 is 2.18 bits per heavy atom. The van der Waals surface area contributed by atoms with E-state index in [9.17, 15) is 4.79 Å². The van der Waals surface area contributed by atoms with Crippen molar-refractivity contribution in [1.29, 1.82) is 0 Å². The zero-order valence-corrected chi connectivity index (χ0v) is 10.8. The number of carbonyl (C=O) groups excluding carboxylic acids is 1. The highest BCUT2D eigenvalue weighted by Crippen LogP contribution is 2.14. The standard InChI is InChI=1S/C14H21NO2/c1-4-5-9-15-14(16)12-7-6-8-13(10-12)17-11(2)3/h6-8,10-11H,4-5,9H2,1-3H3,(H,15,16). The maximum atomic E-state index is 11.8. The van der Waals surface area contributed by atoms with Crippen LogP contribution in [0.15, 0.2) is 24.3 Å². The molecule has 1 aromatic rings. The highest BCUT2D eigenvalue weighted by atomic mass is 16.5. The van der Waals surface area contributed by atoms with Crippen molar-refractivity contribution in [1.82, 2.24) is 5.32 Å². The van der Waals surface area contributed by atoms with E-state index in [2.05, 4.69) is 12.2 Å². The highest BCUT2D eigenvalue weighted by molar-refractivity contribution is 5.94. The lowest BCUT2D eigenvalue weighted by molar-refractivity contribution is 0.0952. The minimum Gasteiger partial charge on any atom is -0.491 e. The Kier molecular flexibility index (Phi) is 5.53. The van der Waals surface area contributed by atoms with Gasteiger partial charge in [0.1, 0.15) is 5.75 Å². The van der Waals surface area contributed by atoms with E-state index in [1.165, 1.54) is 0 Å². The first kappa shape index (κ1) is 13.6. The van der Waals surface area contributed by atoms with Gasteiger partial charge in [0.2, 0.25) is 0 Å². The number of rotatable bonds is 6. The predicted molar refractivity (Wildman–Crippen MR) is 69.4 cm³/mol. The van der Waals surface area contributed by atoms with E-state index in [-0.39, 0.29) is 12.0 Å². The first-order valence-corrected chi connectivity index (χ1v) is 6.18. The van der Waals surface area contributed by atoms with Crippen molar-refractivity contribution in [3.05, 3.63) is 29.8 Å². The summed E-state index contributed by atoms with van der Waals surface area (Å²) < 4.78 is 5.55. The van der Waals surface area contributed by atoms with Gasteiger partial charge in [0.25, 0.3) is 5.91 Å². The molecule has 1 N–H and O–H groups in total. The van der Waals surface area contributed by atoms with Crippen LogP contribution in [-0.2, 0) is 0 Å². The van der Waals surface area contributed by atoms with Gasteiger partial charge in [-0.1, -0.05) is 19.4 Å². The normalized spacial score (nSPS) is 10.4. The van der Waals surface area contributed by atoms with E-state index < -0.39 is 0 Å². The van der Waals surface area contributed by atoms with E-state index in [0.29, 0.717) is 5.56 Å². The van der Waals surface area contributed by atoms with Gasteiger partial charge in [-0.3, -0.25) is 4.79 Å². The van der Waals surface area contributed by atoms with Crippen LogP contribution in [0.1, 0.15) is 44.0 Å². The molecule has 0 spiro atoms. The zero-order chi connectivity index (χ0) is 12.7. The third kappa shape index (κ3) is 4.89. The average Bonchev–Trinajstić information content (AvgIpc) is 2.28. The van der Waals surface area contributed by atoms with E-state index in [1.54, 1.807) is 12.1 Å². The van der Waals surface area contributed by atoms with Crippen LogP contribution in [0.3, 0.4) is 0 Å². The average molecular weight is 235 g/mol. The Labute approximate surface area is 103 Å². The van der Waals surface area contributed by atoms with Crippen LogP contribution in [0.5, 0.6) is 5.75 Å². The SMILES string of the molecule is CCCCNC(=O)c1cccc(OC(C)C)c1. The Morgan fingerprint density at radius 3 is 2.82 bits per heavy atom. The lowest BCUT2D eigenvalue weighted by Gasteiger charge is -2.11. The summed E-state index contributed by atoms with van der Waals surface area (Å²) in [5, 5.41) is 2.89. The van der Waals surface area contributed by atoms with E-state index in [0.717, 1.165) is 25.1 Å². The molecule has 0 aromatic heterocycles. The number of carbonyl (C=O) groups is 1. The number of nitrogens with one attached hydrogen (secondary N) is 1. The molecule has 3 heteroatoms. The second-order valence-electron chi connectivity index (χ2n) is 4.30. The van der Waals surface area contributed by atoms with Crippen molar-refractivity contribution in [3.63, 3.8) is 0 Å². The summed E-state index contributed by atoms with van der Waals surface area (Å²) in [5.74, 6) is 0.704. The molecule has 0 saturated carbocycles. The first-order valence-electron chi connectivity index (χ1n) is 6.18. The summed E-state index contributed by atoms with van der Waals surface area (Å²) in [6.07, 6.45) is 2.21. The number of hydrogen-bond acceptors (Lipinski definition) is 2. The van der Waals surface area contributed by atoms with Gasteiger partial charge < -0.3 is 10.1 Å². The first-order chi connectivity index (χ1) is 8.13. The molecule has 0 aliphatic rings. The van der Waals surface area contributed by atoms with Crippen LogP contribution in [-0.4, -0.2) is 18.6 Å². The summed E-state index contributed by atoms with van der Waals surface area (Å²) in [5.41, 5.74) is 0.652. The highest BCUT2D eigenvalue weighted by Gasteiger charge is 2.06. The largest absolute Gasteiger partial charge is 0.491 e. The van der Waals surface area contributed by atoms with Gasteiger partial charge in [-0.05, 0) is 38.5 Å². The van der Waals surface area contributed by atoms with Gasteiger partial charge in [0, 0.05) is 12.1 Å². The van der Waals surface area contributed by atoms with Gasteiger partial charge in [-0.2, -0.15) is 0 Å². The molecule has 3 nitrogen and oxygen atoms in total. The Balaban J connectivity index is 2.60. The fraction of sp³-hybridized carbons (Fsp3) is 0.500. The van der Waals surface area contributed by atoms with Crippen molar-refractivity contribution >= 4 is 5.91 Å². The van der Waals surface area contributed by atoms with Gasteiger partial charge in [-0.25, -0.2) is 0 Å². The number of unbranched alkanes of at least 4 members (excludes halogenated alkanes) is 1. The molecular formula is C14H21NO2. The topological polar surface area (TPSA) is 38.3 Å². The fourth-order valence-electron chi connectivity index (χ4n) is 1.46. The summed E-state index contributed by atoms with van der Waals surface area (Å²) in [7, 11) is 0. The monoisotopic (exact) mass is 235 g/mol. The molecule has 0 aliphatic heterocycles. The summed E-state index contributed by atoms with van der Waals surface area (Å²) in [6, 6.07) is 7.28. The van der Waals surface area contributed by atoms with Crippen LogP contribution in [0.25, 0.3) is 0 Å². The van der Waals surface area contributed by atoms with E-state index >= 15 is 0 Å².